The first-order valence-corrected chi connectivity index (χ1v) is 7.24. The highest BCUT2D eigenvalue weighted by Gasteiger charge is 2.43. The second-order valence-electron chi connectivity index (χ2n) is 5.20. The number of amides is 1. The lowest BCUT2D eigenvalue weighted by Gasteiger charge is -2.06. The van der Waals surface area contributed by atoms with E-state index in [0.29, 0.717) is 6.61 Å². The second-order valence-corrected chi connectivity index (χ2v) is 5.20. The number of hydrogen-bond acceptors (Lipinski definition) is 2. The Morgan fingerprint density at radius 2 is 2.25 bits per heavy atom. The molecule has 3 rings (SSSR count). The van der Waals surface area contributed by atoms with E-state index < -0.39 is 0 Å². The van der Waals surface area contributed by atoms with Gasteiger partial charge in [0.05, 0.1) is 12.0 Å². The third-order valence-corrected chi connectivity index (χ3v) is 3.83. The molecule has 1 saturated carbocycles. The number of aryl methyl sites for hydroxylation is 1. The van der Waals surface area contributed by atoms with Gasteiger partial charge in [-0.05, 0) is 44.5 Å². The van der Waals surface area contributed by atoms with Crippen molar-refractivity contribution in [1.29, 1.82) is 0 Å². The quantitative estimate of drug-likeness (QED) is 0.909. The molecular formula is C16H20N2O2. The van der Waals surface area contributed by atoms with E-state index in [0.717, 1.165) is 24.0 Å². The van der Waals surface area contributed by atoms with Crippen molar-refractivity contribution in [3.05, 3.63) is 30.5 Å². The molecule has 1 N–H and O–H groups in total. The number of carbonyl (C=O) groups is 1. The van der Waals surface area contributed by atoms with Crippen molar-refractivity contribution in [2.45, 2.75) is 32.9 Å². The van der Waals surface area contributed by atoms with Crippen LogP contribution in [-0.2, 0) is 16.1 Å². The number of rotatable bonds is 5. The van der Waals surface area contributed by atoms with E-state index in [2.05, 4.69) is 35.1 Å². The first-order chi connectivity index (χ1) is 9.72. The summed E-state index contributed by atoms with van der Waals surface area (Å²) in [5, 5.41) is 4.14. The van der Waals surface area contributed by atoms with Gasteiger partial charge in [-0.25, -0.2) is 0 Å². The topological polar surface area (TPSA) is 43.3 Å². The molecule has 2 aromatic rings. The molecule has 20 heavy (non-hydrogen) atoms. The van der Waals surface area contributed by atoms with Crippen molar-refractivity contribution < 1.29 is 9.53 Å². The maximum absolute atomic E-state index is 12.1. The number of hydrogen-bond donors (Lipinski definition) is 1. The van der Waals surface area contributed by atoms with Crippen molar-refractivity contribution in [3.8, 4) is 0 Å². The van der Waals surface area contributed by atoms with E-state index >= 15 is 0 Å². The van der Waals surface area contributed by atoms with Gasteiger partial charge in [0.15, 0.2) is 0 Å². The van der Waals surface area contributed by atoms with Crippen LogP contribution in [-0.4, -0.2) is 23.2 Å². The van der Waals surface area contributed by atoms with Crippen molar-refractivity contribution >= 4 is 22.5 Å². The Morgan fingerprint density at radius 3 is 3.00 bits per heavy atom. The van der Waals surface area contributed by atoms with Gasteiger partial charge in [-0.3, -0.25) is 4.79 Å². The summed E-state index contributed by atoms with van der Waals surface area (Å²) in [4.78, 5) is 12.1. The van der Waals surface area contributed by atoms with Crippen LogP contribution >= 0.6 is 0 Å². The molecule has 1 aliphatic rings. The van der Waals surface area contributed by atoms with Gasteiger partial charge in [-0.15, -0.1) is 0 Å². The lowest BCUT2D eigenvalue weighted by atomic mass is 10.2. The molecule has 0 unspecified atom stereocenters. The molecule has 1 aromatic heterocycles. The van der Waals surface area contributed by atoms with E-state index in [4.69, 9.17) is 4.74 Å². The molecule has 4 heteroatoms. The number of benzene rings is 1. The van der Waals surface area contributed by atoms with Crippen LogP contribution in [0.3, 0.4) is 0 Å². The molecule has 1 aliphatic carbocycles. The van der Waals surface area contributed by atoms with Gasteiger partial charge in [0.2, 0.25) is 5.91 Å². The maximum atomic E-state index is 12.1. The molecule has 1 heterocycles. The van der Waals surface area contributed by atoms with Crippen LogP contribution in [0.5, 0.6) is 0 Å². The van der Waals surface area contributed by atoms with Crippen LogP contribution in [0.1, 0.15) is 20.3 Å². The highest BCUT2D eigenvalue weighted by molar-refractivity contribution is 5.96. The molecular weight excluding hydrogens is 252 g/mol. The number of anilines is 1. The van der Waals surface area contributed by atoms with Gasteiger partial charge in [0.25, 0.3) is 0 Å². The van der Waals surface area contributed by atoms with Crippen LogP contribution in [0.2, 0.25) is 0 Å². The molecule has 0 radical (unpaired) electrons. The molecule has 0 bridgehead atoms. The summed E-state index contributed by atoms with van der Waals surface area (Å²) in [6, 6.07) is 8.12. The molecule has 106 valence electrons. The largest absolute Gasteiger partial charge is 0.378 e. The van der Waals surface area contributed by atoms with E-state index in [9.17, 15) is 4.79 Å². The van der Waals surface area contributed by atoms with Gasteiger partial charge in [0.1, 0.15) is 0 Å². The molecule has 2 atom stereocenters. The lowest BCUT2D eigenvalue weighted by molar-refractivity contribution is -0.118. The van der Waals surface area contributed by atoms with Crippen LogP contribution < -0.4 is 5.32 Å². The predicted molar refractivity (Wildman–Crippen MR) is 79.8 cm³/mol. The smallest absolute Gasteiger partial charge is 0.230 e. The summed E-state index contributed by atoms with van der Waals surface area (Å²) in [5.74, 6) is 0.0867. The van der Waals surface area contributed by atoms with E-state index in [1.807, 2.05) is 19.1 Å². The third kappa shape index (κ3) is 2.43. The summed E-state index contributed by atoms with van der Waals surface area (Å²) >= 11 is 0. The highest BCUT2D eigenvalue weighted by Crippen LogP contribution is 2.35. The Kier molecular flexibility index (Phi) is 3.49. The SMILES string of the molecule is CCO[C@H]1C[C@H]1C(=O)Nc1ccc2c(ccn2CC)c1. The first-order valence-electron chi connectivity index (χ1n) is 7.24. The third-order valence-electron chi connectivity index (χ3n) is 3.83. The molecule has 4 nitrogen and oxygen atoms in total. The van der Waals surface area contributed by atoms with Crippen LogP contribution in [0.4, 0.5) is 5.69 Å². The van der Waals surface area contributed by atoms with Gasteiger partial charge >= 0.3 is 0 Å². The predicted octanol–water partition coefficient (Wildman–Crippen LogP) is 3.02. The number of carbonyl (C=O) groups excluding carboxylic acids is 1. The summed E-state index contributed by atoms with van der Waals surface area (Å²) in [7, 11) is 0. The minimum atomic E-state index is 0.0193. The summed E-state index contributed by atoms with van der Waals surface area (Å²) in [6.07, 6.45) is 3.03. The zero-order chi connectivity index (χ0) is 14.1. The number of ether oxygens (including phenoxy) is 1. The zero-order valence-corrected chi connectivity index (χ0v) is 11.9. The van der Waals surface area contributed by atoms with E-state index in [1.54, 1.807) is 0 Å². The van der Waals surface area contributed by atoms with Crippen LogP contribution in [0, 0.1) is 5.92 Å². The van der Waals surface area contributed by atoms with Gasteiger partial charge < -0.3 is 14.6 Å². The van der Waals surface area contributed by atoms with Gasteiger partial charge in [-0.1, -0.05) is 0 Å². The van der Waals surface area contributed by atoms with Crippen molar-refractivity contribution in [3.63, 3.8) is 0 Å². The fourth-order valence-electron chi connectivity index (χ4n) is 2.63. The maximum Gasteiger partial charge on any atom is 0.230 e. The van der Waals surface area contributed by atoms with E-state index in [-0.39, 0.29) is 17.9 Å². The number of nitrogens with zero attached hydrogens (tertiary/aromatic N) is 1. The average Bonchev–Trinajstić information content (AvgIpc) is 3.10. The summed E-state index contributed by atoms with van der Waals surface area (Å²) in [6.45, 7) is 5.70. The molecule has 1 amide bonds. The Balaban J connectivity index is 1.70. The number of fused-ring (bicyclic) bond motifs is 1. The summed E-state index contributed by atoms with van der Waals surface area (Å²) in [5.41, 5.74) is 2.06. The van der Waals surface area contributed by atoms with Crippen molar-refractivity contribution in [2.24, 2.45) is 5.92 Å². The Morgan fingerprint density at radius 1 is 1.40 bits per heavy atom. The van der Waals surface area contributed by atoms with Crippen LogP contribution in [0.15, 0.2) is 30.5 Å². The van der Waals surface area contributed by atoms with Gasteiger partial charge in [0, 0.05) is 35.9 Å². The molecule has 1 aromatic carbocycles. The number of aromatic nitrogens is 1. The number of nitrogens with one attached hydrogen (secondary N) is 1. The summed E-state index contributed by atoms with van der Waals surface area (Å²) < 4.78 is 7.64. The van der Waals surface area contributed by atoms with Gasteiger partial charge in [-0.2, -0.15) is 0 Å². The highest BCUT2D eigenvalue weighted by atomic mass is 16.5. The fourth-order valence-corrected chi connectivity index (χ4v) is 2.63. The van der Waals surface area contributed by atoms with Crippen molar-refractivity contribution in [1.82, 2.24) is 4.57 Å². The minimum absolute atomic E-state index is 0.0193. The van der Waals surface area contributed by atoms with E-state index in [1.165, 1.54) is 5.52 Å². The van der Waals surface area contributed by atoms with Crippen LogP contribution in [0.25, 0.3) is 10.9 Å². The minimum Gasteiger partial charge on any atom is -0.378 e. The standard InChI is InChI=1S/C16H20N2O2/c1-3-18-8-7-11-9-12(5-6-14(11)18)17-16(19)13-10-15(13)20-4-2/h5-9,13,15H,3-4,10H2,1-2H3,(H,17,19)/t13-,15+/m1/s1. The molecule has 0 spiro atoms. The molecule has 0 saturated heterocycles. The normalized spacial score (nSPS) is 21.1. The average molecular weight is 272 g/mol. The Hall–Kier alpha value is -1.81. The Bertz CT molecular complexity index is 632. The monoisotopic (exact) mass is 272 g/mol. The lowest BCUT2D eigenvalue weighted by Crippen LogP contribution is -2.16. The first kappa shape index (κ1) is 13.2. The molecule has 1 fully saturated rings. The Labute approximate surface area is 118 Å². The van der Waals surface area contributed by atoms with Crippen molar-refractivity contribution in [2.75, 3.05) is 11.9 Å². The zero-order valence-electron chi connectivity index (χ0n) is 11.9. The second kappa shape index (κ2) is 5.29. The molecule has 0 aliphatic heterocycles. The fraction of sp³-hybridized carbons (Fsp3) is 0.438.